The van der Waals surface area contributed by atoms with Crippen molar-refractivity contribution in [3.8, 4) is 0 Å². The van der Waals surface area contributed by atoms with Crippen molar-refractivity contribution >= 4 is 46.3 Å². The van der Waals surface area contributed by atoms with Gasteiger partial charge >= 0.3 is 0 Å². The fourth-order valence-corrected chi connectivity index (χ4v) is 4.70. The van der Waals surface area contributed by atoms with E-state index in [9.17, 15) is 9.59 Å². The minimum Gasteiger partial charge on any atom is -0.274 e. The van der Waals surface area contributed by atoms with Crippen LogP contribution in [-0.2, 0) is 9.59 Å². The van der Waals surface area contributed by atoms with Crippen LogP contribution < -0.4 is 5.43 Å². The van der Waals surface area contributed by atoms with Gasteiger partial charge in [0, 0.05) is 5.92 Å². The molecule has 0 spiro atoms. The molecule has 1 aromatic rings. The highest BCUT2D eigenvalue weighted by molar-refractivity contribution is 8.22. The van der Waals surface area contributed by atoms with Gasteiger partial charge in [0.15, 0.2) is 4.32 Å². The first-order chi connectivity index (χ1) is 12.3. The number of carbonyl (C=O) groups is 2. The molecular formula is C19H23N3O2S2. The summed E-state index contributed by atoms with van der Waals surface area (Å²) in [6, 6.07) is 9.67. The third kappa shape index (κ3) is 3.18. The predicted octanol–water partition coefficient (Wildman–Crippen LogP) is 3.40. The van der Waals surface area contributed by atoms with Crippen molar-refractivity contribution in [3.63, 3.8) is 0 Å². The summed E-state index contributed by atoms with van der Waals surface area (Å²) in [5.74, 6) is -0.0159. The van der Waals surface area contributed by atoms with Crippen molar-refractivity contribution in [1.29, 1.82) is 0 Å². The molecule has 1 aromatic carbocycles. The number of carbonyl (C=O) groups excluding carboxylic acids is 2. The standard InChI is InChI=1S/C19H23N3O2S2/c1-18(2)14-9-10-19(18,3)16(24)22(15(14)23)12-26-17(25)21-20-11-13-7-5-4-6-8-13/h4-8,11,14H,9-10,12H2,1-3H3,(H,21,25)/t14-,19-/m1/s1. The fourth-order valence-electron chi connectivity index (χ4n) is 3.88. The van der Waals surface area contributed by atoms with Crippen LogP contribution in [0, 0.1) is 16.7 Å². The molecule has 1 saturated carbocycles. The van der Waals surface area contributed by atoms with Gasteiger partial charge in [0.05, 0.1) is 17.5 Å². The van der Waals surface area contributed by atoms with Crippen molar-refractivity contribution in [2.75, 3.05) is 5.88 Å². The predicted molar refractivity (Wildman–Crippen MR) is 109 cm³/mol. The molecule has 0 aromatic heterocycles. The molecule has 0 unspecified atom stereocenters. The smallest absolute Gasteiger partial charge is 0.236 e. The normalized spacial score (nSPS) is 27.2. The number of thiocarbonyl (C=S) groups is 1. The van der Waals surface area contributed by atoms with Crippen LogP contribution in [0.5, 0.6) is 0 Å². The summed E-state index contributed by atoms with van der Waals surface area (Å²) in [6.45, 7) is 6.06. The molecule has 138 valence electrons. The maximum atomic E-state index is 12.9. The highest BCUT2D eigenvalue weighted by atomic mass is 32.2. The second-order valence-electron chi connectivity index (χ2n) is 7.56. The van der Waals surface area contributed by atoms with Gasteiger partial charge in [-0.2, -0.15) is 5.10 Å². The molecule has 2 aliphatic rings. The van der Waals surface area contributed by atoms with Crippen LogP contribution in [0.25, 0.3) is 0 Å². The van der Waals surface area contributed by atoms with Crippen molar-refractivity contribution in [2.24, 2.45) is 21.8 Å². The Balaban J connectivity index is 1.58. The summed E-state index contributed by atoms with van der Waals surface area (Å²) in [7, 11) is 0. The Morgan fingerprint density at radius 3 is 2.73 bits per heavy atom. The number of hydrogen-bond donors (Lipinski definition) is 1. The first kappa shape index (κ1) is 19.0. The number of imide groups is 1. The maximum absolute atomic E-state index is 12.9. The number of amides is 2. The summed E-state index contributed by atoms with van der Waals surface area (Å²) in [5.41, 5.74) is 2.97. The maximum Gasteiger partial charge on any atom is 0.236 e. The van der Waals surface area contributed by atoms with Crippen LogP contribution in [0.1, 0.15) is 39.2 Å². The van der Waals surface area contributed by atoms with E-state index in [4.69, 9.17) is 12.2 Å². The molecule has 26 heavy (non-hydrogen) atoms. The number of hydrogen-bond acceptors (Lipinski definition) is 5. The minimum atomic E-state index is -0.480. The highest BCUT2D eigenvalue weighted by Gasteiger charge is 2.64. The molecule has 0 radical (unpaired) electrons. The van der Waals surface area contributed by atoms with Gasteiger partial charge in [-0.25, -0.2) is 0 Å². The zero-order valence-corrected chi connectivity index (χ0v) is 16.8. The van der Waals surface area contributed by atoms with Gasteiger partial charge in [0.25, 0.3) is 0 Å². The van der Waals surface area contributed by atoms with Gasteiger partial charge in [-0.1, -0.05) is 75.1 Å². The number of hydrazone groups is 1. The number of nitrogens with zero attached hydrogens (tertiary/aromatic N) is 2. The van der Waals surface area contributed by atoms with Crippen LogP contribution in [0.2, 0.25) is 0 Å². The summed E-state index contributed by atoms with van der Waals surface area (Å²) < 4.78 is 0.431. The van der Waals surface area contributed by atoms with Gasteiger partial charge in [0.1, 0.15) is 0 Å². The first-order valence-electron chi connectivity index (χ1n) is 8.64. The Morgan fingerprint density at radius 1 is 1.35 bits per heavy atom. The molecular weight excluding hydrogens is 366 g/mol. The van der Waals surface area contributed by atoms with Gasteiger partial charge < -0.3 is 0 Å². The summed E-state index contributed by atoms with van der Waals surface area (Å²) in [5, 5.41) is 4.10. The lowest BCUT2D eigenvalue weighted by atomic mass is 9.62. The third-order valence-corrected chi connectivity index (χ3v) is 7.19. The van der Waals surface area contributed by atoms with E-state index in [1.807, 2.05) is 51.1 Å². The van der Waals surface area contributed by atoms with E-state index >= 15 is 0 Å². The van der Waals surface area contributed by atoms with E-state index in [0.717, 1.165) is 18.4 Å². The van der Waals surface area contributed by atoms with Crippen molar-refractivity contribution in [1.82, 2.24) is 10.3 Å². The Morgan fingerprint density at radius 2 is 2.04 bits per heavy atom. The molecule has 2 amide bonds. The second kappa shape index (κ2) is 7.12. The largest absolute Gasteiger partial charge is 0.274 e. The average molecular weight is 390 g/mol. The van der Waals surface area contributed by atoms with E-state index in [0.29, 0.717) is 4.32 Å². The fraction of sp³-hybridized carbons (Fsp3) is 0.474. The molecule has 1 aliphatic heterocycles. The molecule has 1 N–H and O–H groups in total. The molecule has 2 bridgehead atoms. The Kier molecular flexibility index (Phi) is 5.21. The molecule has 1 aliphatic carbocycles. The van der Waals surface area contributed by atoms with E-state index in [1.165, 1.54) is 16.7 Å². The van der Waals surface area contributed by atoms with Gasteiger partial charge in [-0.15, -0.1) is 0 Å². The summed E-state index contributed by atoms with van der Waals surface area (Å²) in [4.78, 5) is 27.1. The number of rotatable bonds is 4. The number of thioether (sulfide) groups is 1. The van der Waals surface area contributed by atoms with Crippen LogP contribution in [0.15, 0.2) is 35.4 Å². The third-order valence-electron chi connectivity index (χ3n) is 6.00. The molecule has 1 saturated heterocycles. The zero-order chi connectivity index (χ0) is 18.9. The van der Waals surface area contributed by atoms with E-state index in [-0.39, 0.29) is 29.0 Å². The number of benzene rings is 1. The molecule has 2 fully saturated rings. The average Bonchev–Trinajstić information content (AvgIpc) is 2.79. The van der Waals surface area contributed by atoms with Crippen LogP contribution in [-0.4, -0.2) is 33.1 Å². The quantitative estimate of drug-likeness (QED) is 0.370. The molecule has 1 heterocycles. The first-order valence-corrected chi connectivity index (χ1v) is 10.0. The lowest BCUT2D eigenvalue weighted by Crippen LogP contribution is -2.58. The van der Waals surface area contributed by atoms with Crippen molar-refractivity contribution in [3.05, 3.63) is 35.9 Å². The number of likely N-dealkylation sites (tertiary alicyclic amines) is 1. The SMILES string of the molecule is CC1(C)[C@@H]2CC[C@]1(C)C(=O)N(CSC(=S)NN=Cc1ccccc1)C2=O. The number of fused-ring (bicyclic) bond motifs is 2. The molecule has 3 rings (SSSR count). The van der Waals surface area contributed by atoms with Gasteiger partial charge in [-0.3, -0.25) is 19.9 Å². The lowest BCUT2D eigenvalue weighted by Gasteiger charge is -2.47. The van der Waals surface area contributed by atoms with E-state index in [2.05, 4.69) is 10.5 Å². The minimum absolute atomic E-state index is 0.0712. The Hall–Kier alpha value is -1.73. The topological polar surface area (TPSA) is 61.8 Å². The molecule has 2 atom stereocenters. The van der Waals surface area contributed by atoms with E-state index in [1.54, 1.807) is 6.21 Å². The van der Waals surface area contributed by atoms with Crippen LogP contribution in [0.4, 0.5) is 0 Å². The highest BCUT2D eigenvalue weighted by Crippen LogP contribution is 2.60. The van der Waals surface area contributed by atoms with Gasteiger partial charge in [-0.05, 0) is 23.8 Å². The van der Waals surface area contributed by atoms with Crippen molar-refractivity contribution in [2.45, 2.75) is 33.6 Å². The molecule has 5 nitrogen and oxygen atoms in total. The van der Waals surface area contributed by atoms with E-state index < -0.39 is 5.41 Å². The van der Waals surface area contributed by atoms with Crippen molar-refractivity contribution < 1.29 is 9.59 Å². The van der Waals surface area contributed by atoms with Gasteiger partial charge in [0.2, 0.25) is 11.8 Å². The lowest BCUT2D eigenvalue weighted by molar-refractivity contribution is -0.166. The monoisotopic (exact) mass is 389 g/mol. The van der Waals surface area contributed by atoms with Crippen LogP contribution >= 0.6 is 24.0 Å². The number of piperidine rings is 1. The number of nitrogens with one attached hydrogen (secondary N) is 1. The summed E-state index contributed by atoms with van der Waals surface area (Å²) >= 11 is 6.50. The molecule has 7 heteroatoms. The van der Waals surface area contributed by atoms with Crippen LogP contribution in [0.3, 0.4) is 0 Å². The summed E-state index contributed by atoms with van der Waals surface area (Å²) in [6.07, 6.45) is 3.22. The Bertz CT molecular complexity index is 763. The Labute approximate surface area is 163 Å². The zero-order valence-electron chi connectivity index (χ0n) is 15.2. The second-order valence-corrected chi connectivity index (χ2v) is 9.18.